The number of nitrogens with one attached hydrogen (secondary N) is 1. The molecule has 1 aromatic rings. The summed E-state index contributed by atoms with van der Waals surface area (Å²) in [5, 5.41) is 3.15. The lowest BCUT2D eigenvalue weighted by molar-refractivity contribution is -0.125. The van der Waals surface area contributed by atoms with Crippen molar-refractivity contribution >= 4 is 11.9 Å². The quantitative estimate of drug-likeness (QED) is 0.866. The first-order valence-corrected chi connectivity index (χ1v) is 8.27. The molecular formula is C17H24N4O. The van der Waals surface area contributed by atoms with Crippen LogP contribution in [0.15, 0.2) is 30.6 Å². The second kappa shape index (κ2) is 7.38. The molecule has 2 aliphatic rings. The minimum absolute atomic E-state index is 0.183. The third kappa shape index (κ3) is 3.84. The molecule has 1 aliphatic carbocycles. The predicted octanol–water partition coefficient (Wildman–Crippen LogP) is 2.17. The lowest BCUT2D eigenvalue weighted by Gasteiger charge is -2.32. The molecule has 0 spiro atoms. The van der Waals surface area contributed by atoms with Gasteiger partial charge in [-0.1, -0.05) is 12.2 Å². The molecule has 1 fully saturated rings. The van der Waals surface area contributed by atoms with Gasteiger partial charge in [-0.15, -0.1) is 0 Å². The maximum Gasteiger partial charge on any atom is 0.225 e. The summed E-state index contributed by atoms with van der Waals surface area (Å²) in [6.45, 7) is 2.75. The summed E-state index contributed by atoms with van der Waals surface area (Å²) in [5.41, 5.74) is 0. The van der Waals surface area contributed by atoms with Gasteiger partial charge in [0.15, 0.2) is 0 Å². The number of carbonyl (C=O) groups is 1. The molecule has 1 amide bonds. The van der Waals surface area contributed by atoms with Crippen molar-refractivity contribution in [3.8, 4) is 0 Å². The number of hydrogen-bond acceptors (Lipinski definition) is 4. The Hall–Kier alpha value is -1.91. The van der Waals surface area contributed by atoms with Crippen molar-refractivity contribution in [1.29, 1.82) is 0 Å². The first kappa shape index (κ1) is 15.0. The highest BCUT2D eigenvalue weighted by atomic mass is 16.1. The molecule has 1 aromatic heterocycles. The first-order valence-electron chi connectivity index (χ1n) is 8.27. The summed E-state index contributed by atoms with van der Waals surface area (Å²) < 4.78 is 0. The van der Waals surface area contributed by atoms with E-state index in [-0.39, 0.29) is 11.8 Å². The van der Waals surface area contributed by atoms with Crippen LogP contribution in [0.4, 0.5) is 5.95 Å². The number of anilines is 1. The molecule has 118 valence electrons. The van der Waals surface area contributed by atoms with Gasteiger partial charge in [0.2, 0.25) is 11.9 Å². The van der Waals surface area contributed by atoms with Crippen LogP contribution in [0.25, 0.3) is 0 Å². The van der Waals surface area contributed by atoms with Crippen molar-refractivity contribution in [2.45, 2.75) is 32.1 Å². The van der Waals surface area contributed by atoms with E-state index in [1.807, 2.05) is 6.07 Å². The highest BCUT2D eigenvalue weighted by Gasteiger charge is 2.23. The van der Waals surface area contributed by atoms with Gasteiger partial charge in [-0.25, -0.2) is 9.97 Å². The number of amides is 1. The van der Waals surface area contributed by atoms with E-state index in [2.05, 4.69) is 32.3 Å². The van der Waals surface area contributed by atoms with Gasteiger partial charge < -0.3 is 10.2 Å². The molecule has 0 aromatic carbocycles. The SMILES string of the molecule is O=C(NCC1CCN(c2ncccn2)CC1)[C@H]1CC=CCC1. The third-order valence-electron chi connectivity index (χ3n) is 4.65. The molecule has 1 atom stereocenters. The number of nitrogens with zero attached hydrogens (tertiary/aromatic N) is 3. The van der Waals surface area contributed by atoms with E-state index in [0.717, 1.165) is 57.7 Å². The molecule has 2 heterocycles. The van der Waals surface area contributed by atoms with E-state index in [4.69, 9.17) is 0 Å². The molecule has 0 unspecified atom stereocenters. The molecule has 1 N–H and O–H groups in total. The standard InChI is InChI=1S/C17H24N4O/c22-16(15-5-2-1-3-6-15)20-13-14-7-11-21(12-8-14)17-18-9-4-10-19-17/h1-2,4,9-10,14-15H,3,5-8,11-13H2,(H,20,22)/t15-/m0/s1. The normalized spacial score (nSPS) is 22.5. The number of carbonyl (C=O) groups excluding carboxylic acids is 1. The van der Waals surface area contributed by atoms with Crippen LogP contribution < -0.4 is 10.2 Å². The molecule has 3 rings (SSSR count). The number of allylic oxidation sites excluding steroid dienone is 2. The third-order valence-corrected chi connectivity index (χ3v) is 4.65. The highest BCUT2D eigenvalue weighted by Crippen LogP contribution is 2.21. The molecule has 0 bridgehead atoms. The Labute approximate surface area is 131 Å². The van der Waals surface area contributed by atoms with Crippen molar-refractivity contribution in [3.05, 3.63) is 30.6 Å². The molecule has 22 heavy (non-hydrogen) atoms. The van der Waals surface area contributed by atoms with Crippen LogP contribution in [0.2, 0.25) is 0 Å². The fourth-order valence-corrected chi connectivity index (χ4v) is 3.21. The Morgan fingerprint density at radius 2 is 1.95 bits per heavy atom. The number of rotatable bonds is 4. The van der Waals surface area contributed by atoms with Gasteiger partial charge in [0.1, 0.15) is 0 Å². The van der Waals surface area contributed by atoms with Gasteiger partial charge >= 0.3 is 0 Å². The van der Waals surface area contributed by atoms with E-state index in [1.54, 1.807) is 12.4 Å². The van der Waals surface area contributed by atoms with Crippen molar-refractivity contribution in [3.63, 3.8) is 0 Å². The summed E-state index contributed by atoms with van der Waals surface area (Å²) in [6.07, 6.45) is 13.0. The van der Waals surface area contributed by atoms with Crippen molar-refractivity contribution in [2.75, 3.05) is 24.5 Å². The largest absolute Gasteiger partial charge is 0.356 e. The van der Waals surface area contributed by atoms with Gasteiger partial charge in [-0.05, 0) is 44.1 Å². The van der Waals surface area contributed by atoms with Crippen LogP contribution in [0.3, 0.4) is 0 Å². The topological polar surface area (TPSA) is 58.1 Å². The second-order valence-electron chi connectivity index (χ2n) is 6.21. The lowest BCUT2D eigenvalue weighted by Crippen LogP contribution is -2.40. The van der Waals surface area contributed by atoms with Crippen LogP contribution in [0.5, 0.6) is 0 Å². The summed E-state index contributed by atoms with van der Waals surface area (Å²) in [7, 11) is 0. The van der Waals surface area contributed by atoms with Gasteiger partial charge in [0.25, 0.3) is 0 Å². The van der Waals surface area contributed by atoms with E-state index >= 15 is 0 Å². The number of hydrogen-bond donors (Lipinski definition) is 1. The van der Waals surface area contributed by atoms with E-state index in [0.29, 0.717) is 5.92 Å². The Morgan fingerprint density at radius 1 is 1.18 bits per heavy atom. The average Bonchev–Trinajstić information content (AvgIpc) is 2.61. The second-order valence-corrected chi connectivity index (χ2v) is 6.21. The minimum atomic E-state index is 0.183. The van der Waals surface area contributed by atoms with Crippen molar-refractivity contribution in [2.24, 2.45) is 11.8 Å². The summed E-state index contributed by atoms with van der Waals surface area (Å²) in [5.74, 6) is 1.81. The summed E-state index contributed by atoms with van der Waals surface area (Å²) in [4.78, 5) is 23.0. The number of aromatic nitrogens is 2. The average molecular weight is 300 g/mol. The van der Waals surface area contributed by atoms with Crippen LogP contribution in [-0.4, -0.2) is 35.5 Å². The monoisotopic (exact) mass is 300 g/mol. The Kier molecular flexibility index (Phi) is 5.03. The Balaban J connectivity index is 1.40. The highest BCUT2D eigenvalue weighted by molar-refractivity contribution is 5.78. The van der Waals surface area contributed by atoms with Crippen LogP contribution in [0, 0.1) is 11.8 Å². The first-order chi connectivity index (χ1) is 10.8. The smallest absolute Gasteiger partial charge is 0.225 e. The molecule has 5 heteroatoms. The van der Waals surface area contributed by atoms with Gasteiger partial charge in [0, 0.05) is 37.9 Å². The zero-order chi connectivity index (χ0) is 15.2. The molecular weight excluding hydrogens is 276 g/mol. The summed E-state index contributed by atoms with van der Waals surface area (Å²) >= 11 is 0. The zero-order valence-electron chi connectivity index (χ0n) is 12.9. The molecule has 1 saturated heterocycles. The summed E-state index contributed by atoms with van der Waals surface area (Å²) in [6, 6.07) is 1.84. The molecule has 0 saturated carbocycles. The van der Waals surface area contributed by atoms with Crippen LogP contribution in [0.1, 0.15) is 32.1 Å². The van der Waals surface area contributed by atoms with Crippen LogP contribution >= 0.6 is 0 Å². The molecule has 5 nitrogen and oxygen atoms in total. The van der Waals surface area contributed by atoms with Gasteiger partial charge in [-0.2, -0.15) is 0 Å². The van der Waals surface area contributed by atoms with Crippen molar-refractivity contribution < 1.29 is 4.79 Å². The maximum absolute atomic E-state index is 12.2. The fourth-order valence-electron chi connectivity index (χ4n) is 3.21. The Bertz CT molecular complexity index is 509. The molecule has 1 aliphatic heterocycles. The minimum Gasteiger partial charge on any atom is -0.356 e. The predicted molar refractivity (Wildman–Crippen MR) is 86.5 cm³/mol. The van der Waals surface area contributed by atoms with Gasteiger partial charge in [0.05, 0.1) is 0 Å². The van der Waals surface area contributed by atoms with Gasteiger partial charge in [-0.3, -0.25) is 4.79 Å². The Morgan fingerprint density at radius 3 is 2.64 bits per heavy atom. The number of piperidine rings is 1. The lowest BCUT2D eigenvalue weighted by atomic mass is 9.92. The van der Waals surface area contributed by atoms with Crippen LogP contribution in [-0.2, 0) is 4.79 Å². The maximum atomic E-state index is 12.2. The van der Waals surface area contributed by atoms with Crippen molar-refractivity contribution in [1.82, 2.24) is 15.3 Å². The van der Waals surface area contributed by atoms with E-state index < -0.39 is 0 Å². The molecule has 0 radical (unpaired) electrons. The van der Waals surface area contributed by atoms with E-state index in [1.165, 1.54) is 0 Å². The fraction of sp³-hybridized carbons (Fsp3) is 0.588. The zero-order valence-corrected chi connectivity index (χ0v) is 12.9. The van der Waals surface area contributed by atoms with E-state index in [9.17, 15) is 4.79 Å².